The van der Waals surface area contributed by atoms with Gasteiger partial charge >= 0.3 is 0 Å². The summed E-state index contributed by atoms with van der Waals surface area (Å²) in [6.45, 7) is 0.169. The van der Waals surface area contributed by atoms with Crippen LogP contribution in [0.25, 0.3) is 0 Å². The molecule has 2 aromatic carbocycles. The van der Waals surface area contributed by atoms with Crippen molar-refractivity contribution in [3.05, 3.63) is 72.1 Å². The van der Waals surface area contributed by atoms with Gasteiger partial charge in [0.05, 0.1) is 17.4 Å². The molecule has 0 radical (unpaired) electrons. The molecule has 3 aromatic rings. The quantitative estimate of drug-likeness (QED) is 0.725. The van der Waals surface area contributed by atoms with E-state index in [1.165, 1.54) is 24.5 Å². The number of anilines is 3. The highest BCUT2D eigenvalue weighted by Gasteiger charge is 2.15. The number of benzene rings is 2. The van der Waals surface area contributed by atoms with Crippen LogP contribution in [0.1, 0.15) is 10.4 Å². The Bertz CT molecular complexity index is 1010. The second-order valence-electron chi connectivity index (χ2n) is 5.71. The fourth-order valence-corrected chi connectivity index (χ4v) is 2.58. The highest BCUT2D eigenvalue weighted by atomic mass is 19.1. The zero-order chi connectivity index (χ0) is 18.8. The number of pyridine rings is 1. The van der Waals surface area contributed by atoms with Crippen LogP contribution in [0.4, 0.5) is 25.8 Å². The Labute approximate surface area is 152 Å². The topological polar surface area (TPSA) is 72.5 Å². The largest absolute Gasteiger partial charge is 0.454 e. The summed E-state index contributed by atoms with van der Waals surface area (Å²) < 4.78 is 38.0. The highest BCUT2D eigenvalue weighted by molar-refractivity contribution is 6.04. The monoisotopic (exact) mass is 369 g/mol. The van der Waals surface area contributed by atoms with Crippen LogP contribution < -0.4 is 20.1 Å². The van der Waals surface area contributed by atoms with Gasteiger partial charge < -0.3 is 20.1 Å². The van der Waals surface area contributed by atoms with Crippen LogP contribution in [0.2, 0.25) is 0 Å². The van der Waals surface area contributed by atoms with E-state index in [1.54, 1.807) is 18.2 Å². The molecule has 4 rings (SSSR count). The van der Waals surface area contributed by atoms with Gasteiger partial charge in [-0.05, 0) is 30.3 Å². The first-order chi connectivity index (χ1) is 13.1. The summed E-state index contributed by atoms with van der Waals surface area (Å²) in [4.78, 5) is 16.3. The Balaban J connectivity index is 1.53. The van der Waals surface area contributed by atoms with Crippen LogP contribution >= 0.6 is 0 Å². The van der Waals surface area contributed by atoms with Crippen molar-refractivity contribution in [3.63, 3.8) is 0 Å². The molecule has 1 aromatic heterocycles. The van der Waals surface area contributed by atoms with Crippen molar-refractivity contribution in [2.75, 3.05) is 17.4 Å². The molecule has 136 valence electrons. The van der Waals surface area contributed by atoms with E-state index >= 15 is 0 Å². The fourth-order valence-electron chi connectivity index (χ4n) is 2.58. The number of carbonyl (C=O) groups is 1. The Morgan fingerprint density at radius 3 is 2.56 bits per heavy atom. The molecule has 0 fully saturated rings. The Morgan fingerprint density at radius 2 is 1.74 bits per heavy atom. The van der Waals surface area contributed by atoms with Gasteiger partial charge in [-0.2, -0.15) is 0 Å². The molecule has 6 nitrogen and oxygen atoms in total. The minimum Gasteiger partial charge on any atom is -0.454 e. The van der Waals surface area contributed by atoms with Gasteiger partial charge in [0.1, 0.15) is 17.3 Å². The van der Waals surface area contributed by atoms with E-state index in [-0.39, 0.29) is 12.4 Å². The van der Waals surface area contributed by atoms with E-state index in [0.717, 1.165) is 12.1 Å². The molecule has 1 aliphatic rings. The van der Waals surface area contributed by atoms with Crippen LogP contribution in [-0.4, -0.2) is 17.7 Å². The van der Waals surface area contributed by atoms with Gasteiger partial charge in [0.15, 0.2) is 11.5 Å². The lowest BCUT2D eigenvalue weighted by Gasteiger charge is -2.10. The summed E-state index contributed by atoms with van der Waals surface area (Å²) in [5, 5.41) is 5.32. The van der Waals surface area contributed by atoms with Crippen LogP contribution in [0, 0.1) is 11.6 Å². The number of ether oxygens (including phenoxy) is 2. The van der Waals surface area contributed by atoms with E-state index in [9.17, 15) is 13.6 Å². The molecule has 2 N–H and O–H groups in total. The summed E-state index contributed by atoms with van der Waals surface area (Å²) in [6.07, 6.45) is 2.82. The van der Waals surface area contributed by atoms with Gasteiger partial charge in [-0.3, -0.25) is 9.78 Å². The van der Waals surface area contributed by atoms with Crippen molar-refractivity contribution in [2.45, 2.75) is 0 Å². The number of fused-ring (bicyclic) bond motifs is 1. The third-order valence-electron chi connectivity index (χ3n) is 3.86. The van der Waals surface area contributed by atoms with Crippen molar-refractivity contribution in [1.29, 1.82) is 0 Å². The van der Waals surface area contributed by atoms with Crippen LogP contribution in [0.3, 0.4) is 0 Å². The normalized spacial score (nSPS) is 11.9. The maximum Gasteiger partial charge on any atom is 0.257 e. The van der Waals surface area contributed by atoms with Gasteiger partial charge in [0.2, 0.25) is 6.79 Å². The molecule has 0 bridgehead atoms. The van der Waals surface area contributed by atoms with E-state index in [0.29, 0.717) is 22.9 Å². The van der Waals surface area contributed by atoms with Crippen molar-refractivity contribution in [2.24, 2.45) is 0 Å². The summed E-state index contributed by atoms with van der Waals surface area (Å²) in [5.41, 5.74) is 0.870. The smallest absolute Gasteiger partial charge is 0.257 e. The number of rotatable bonds is 4. The minimum absolute atomic E-state index is 0.142. The van der Waals surface area contributed by atoms with Crippen molar-refractivity contribution >= 4 is 23.0 Å². The van der Waals surface area contributed by atoms with Crippen molar-refractivity contribution in [3.8, 4) is 11.5 Å². The molecule has 0 spiro atoms. The molecule has 0 saturated carbocycles. The molecular weight excluding hydrogens is 356 g/mol. The molecule has 27 heavy (non-hydrogen) atoms. The summed E-state index contributed by atoms with van der Waals surface area (Å²) in [6, 6.07) is 10.2. The molecule has 1 amide bonds. The molecular formula is C19H13F2N3O3. The summed E-state index contributed by atoms with van der Waals surface area (Å²) >= 11 is 0. The number of hydrogen-bond donors (Lipinski definition) is 2. The number of para-hydroxylation sites is 1. The number of halogens is 2. The van der Waals surface area contributed by atoms with Gasteiger partial charge in [-0.25, -0.2) is 8.78 Å². The number of nitrogens with zero attached hydrogens (tertiary/aromatic N) is 1. The lowest BCUT2D eigenvalue weighted by Crippen LogP contribution is -2.14. The SMILES string of the molecule is O=C(Nc1c(F)cccc1F)c1cncc(Nc2ccc3c(c2)OCO3)c1. The van der Waals surface area contributed by atoms with E-state index in [2.05, 4.69) is 15.6 Å². The Morgan fingerprint density at radius 1 is 0.963 bits per heavy atom. The van der Waals surface area contributed by atoms with Crippen LogP contribution in [-0.2, 0) is 0 Å². The number of nitrogens with one attached hydrogen (secondary N) is 2. The average Bonchev–Trinajstić information content (AvgIpc) is 3.13. The van der Waals surface area contributed by atoms with E-state index < -0.39 is 23.2 Å². The second kappa shape index (κ2) is 6.91. The maximum atomic E-state index is 13.7. The average molecular weight is 369 g/mol. The lowest BCUT2D eigenvalue weighted by atomic mass is 10.2. The third kappa shape index (κ3) is 3.50. The van der Waals surface area contributed by atoms with E-state index in [4.69, 9.17) is 9.47 Å². The number of carbonyl (C=O) groups excluding carboxylic acids is 1. The molecule has 0 aliphatic carbocycles. The number of aromatic nitrogens is 1. The fraction of sp³-hybridized carbons (Fsp3) is 0.0526. The molecule has 8 heteroatoms. The predicted octanol–water partition coefficient (Wildman–Crippen LogP) is 4.08. The molecule has 0 saturated heterocycles. The zero-order valence-electron chi connectivity index (χ0n) is 13.8. The van der Waals surface area contributed by atoms with Gasteiger partial charge in [0, 0.05) is 18.0 Å². The van der Waals surface area contributed by atoms with Gasteiger partial charge in [0.25, 0.3) is 5.91 Å². The standard InChI is InChI=1S/C19H13F2N3O3/c20-14-2-1-3-15(21)18(14)24-19(25)11-6-13(9-22-8-11)23-12-4-5-16-17(7-12)27-10-26-16/h1-9,23H,10H2,(H,24,25). The lowest BCUT2D eigenvalue weighted by molar-refractivity contribution is 0.102. The second-order valence-corrected chi connectivity index (χ2v) is 5.71. The molecule has 2 heterocycles. The molecule has 0 unspecified atom stereocenters. The highest BCUT2D eigenvalue weighted by Crippen LogP contribution is 2.35. The predicted molar refractivity (Wildman–Crippen MR) is 94.4 cm³/mol. The first-order valence-electron chi connectivity index (χ1n) is 7.97. The minimum atomic E-state index is -0.856. The molecule has 0 atom stereocenters. The first-order valence-corrected chi connectivity index (χ1v) is 7.97. The van der Waals surface area contributed by atoms with Crippen molar-refractivity contribution < 1.29 is 23.0 Å². The van der Waals surface area contributed by atoms with Gasteiger partial charge in [-0.15, -0.1) is 0 Å². The van der Waals surface area contributed by atoms with Crippen molar-refractivity contribution in [1.82, 2.24) is 4.98 Å². The Hall–Kier alpha value is -3.68. The number of hydrogen-bond acceptors (Lipinski definition) is 5. The first kappa shape index (κ1) is 16.8. The number of amides is 1. The maximum absolute atomic E-state index is 13.7. The molecule has 1 aliphatic heterocycles. The Kier molecular flexibility index (Phi) is 4.29. The van der Waals surface area contributed by atoms with Crippen LogP contribution in [0.15, 0.2) is 54.9 Å². The summed E-state index contributed by atoms with van der Waals surface area (Å²) in [5.74, 6) is -1.13. The van der Waals surface area contributed by atoms with Gasteiger partial charge in [-0.1, -0.05) is 6.07 Å². The third-order valence-corrected chi connectivity index (χ3v) is 3.86. The van der Waals surface area contributed by atoms with E-state index in [1.807, 2.05) is 0 Å². The van der Waals surface area contributed by atoms with Crippen LogP contribution in [0.5, 0.6) is 11.5 Å². The zero-order valence-corrected chi connectivity index (χ0v) is 13.8. The summed E-state index contributed by atoms with van der Waals surface area (Å²) in [7, 11) is 0.